The van der Waals surface area contributed by atoms with Gasteiger partial charge in [-0.25, -0.2) is 8.78 Å². The van der Waals surface area contributed by atoms with Gasteiger partial charge in [-0.3, -0.25) is 4.90 Å². The van der Waals surface area contributed by atoms with Crippen molar-refractivity contribution < 1.29 is 8.78 Å². The first-order chi connectivity index (χ1) is 9.49. The van der Waals surface area contributed by atoms with Crippen LogP contribution in [0.1, 0.15) is 24.1 Å². The first-order valence-corrected chi connectivity index (χ1v) is 6.47. The molecule has 2 rings (SSSR count). The summed E-state index contributed by atoms with van der Waals surface area (Å²) in [6, 6.07) is 11.1. The molecule has 1 unspecified atom stereocenters. The molecule has 20 heavy (non-hydrogen) atoms. The van der Waals surface area contributed by atoms with Gasteiger partial charge in [-0.2, -0.15) is 0 Å². The van der Waals surface area contributed by atoms with Gasteiger partial charge in [-0.1, -0.05) is 18.2 Å². The van der Waals surface area contributed by atoms with Crippen LogP contribution in [-0.2, 0) is 6.54 Å². The van der Waals surface area contributed by atoms with E-state index in [1.54, 1.807) is 6.92 Å². The van der Waals surface area contributed by atoms with Crippen LogP contribution < -0.4 is 5.73 Å². The summed E-state index contributed by atoms with van der Waals surface area (Å²) in [6.07, 6.45) is 0. The van der Waals surface area contributed by atoms with Crippen molar-refractivity contribution in [2.75, 3.05) is 12.8 Å². The van der Waals surface area contributed by atoms with E-state index in [1.165, 1.54) is 18.2 Å². The van der Waals surface area contributed by atoms with E-state index in [2.05, 4.69) is 0 Å². The van der Waals surface area contributed by atoms with Gasteiger partial charge in [0.1, 0.15) is 11.6 Å². The average Bonchev–Trinajstić information content (AvgIpc) is 2.38. The van der Waals surface area contributed by atoms with Crippen LogP contribution in [0.15, 0.2) is 42.5 Å². The highest BCUT2D eigenvalue weighted by molar-refractivity contribution is 5.40. The minimum absolute atomic E-state index is 0.0962. The Hall–Kier alpha value is -1.94. The zero-order valence-corrected chi connectivity index (χ0v) is 11.6. The van der Waals surface area contributed by atoms with Gasteiger partial charge in [0.25, 0.3) is 0 Å². The summed E-state index contributed by atoms with van der Waals surface area (Å²) in [5, 5.41) is 0. The fourth-order valence-electron chi connectivity index (χ4n) is 2.25. The molecule has 0 bridgehead atoms. The molecule has 2 aromatic rings. The SMILES string of the molecule is CC(c1c(F)cccc1F)N(C)Cc1cccc(N)c1. The molecule has 0 aliphatic heterocycles. The third-order valence-electron chi connectivity index (χ3n) is 3.46. The van der Waals surface area contributed by atoms with Crippen LogP contribution in [0, 0.1) is 11.6 Å². The van der Waals surface area contributed by atoms with Crippen molar-refractivity contribution in [3.8, 4) is 0 Å². The molecule has 106 valence electrons. The van der Waals surface area contributed by atoms with Crippen LogP contribution in [0.2, 0.25) is 0 Å². The Balaban J connectivity index is 2.18. The van der Waals surface area contributed by atoms with Crippen molar-refractivity contribution in [3.63, 3.8) is 0 Å². The van der Waals surface area contributed by atoms with E-state index in [4.69, 9.17) is 5.73 Å². The van der Waals surface area contributed by atoms with Crippen LogP contribution in [0.4, 0.5) is 14.5 Å². The predicted molar refractivity (Wildman–Crippen MR) is 77.1 cm³/mol. The number of nitrogens with two attached hydrogens (primary N) is 1. The summed E-state index contributed by atoms with van der Waals surface area (Å²) in [4.78, 5) is 1.89. The highest BCUT2D eigenvalue weighted by atomic mass is 19.1. The van der Waals surface area contributed by atoms with Crippen LogP contribution >= 0.6 is 0 Å². The molecule has 0 amide bonds. The molecular formula is C16H18F2N2. The number of halogens is 2. The zero-order valence-electron chi connectivity index (χ0n) is 11.6. The van der Waals surface area contributed by atoms with Crippen molar-refractivity contribution in [2.24, 2.45) is 0 Å². The number of anilines is 1. The van der Waals surface area contributed by atoms with Crippen LogP contribution in [-0.4, -0.2) is 11.9 Å². The van der Waals surface area contributed by atoms with Crippen molar-refractivity contribution >= 4 is 5.69 Å². The molecule has 0 radical (unpaired) electrons. The van der Waals surface area contributed by atoms with E-state index in [0.29, 0.717) is 12.2 Å². The fourth-order valence-corrected chi connectivity index (χ4v) is 2.25. The number of hydrogen-bond donors (Lipinski definition) is 1. The largest absolute Gasteiger partial charge is 0.399 e. The molecule has 0 saturated heterocycles. The monoisotopic (exact) mass is 276 g/mol. The molecule has 4 heteroatoms. The summed E-state index contributed by atoms with van der Waals surface area (Å²) in [7, 11) is 1.83. The topological polar surface area (TPSA) is 29.3 Å². The van der Waals surface area contributed by atoms with Gasteiger partial charge in [0.2, 0.25) is 0 Å². The first-order valence-electron chi connectivity index (χ1n) is 6.47. The molecule has 0 spiro atoms. The molecule has 0 heterocycles. The average molecular weight is 276 g/mol. The fraction of sp³-hybridized carbons (Fsp3) is 0.250. The van der Waals surface area contributed by atoms with Gasteiger partial charge in [0, 0.05) is 23.8 Å². The number of nitrogen functional groups attached to an aromatic ring is 1. The molecule has 0 aliphatic carbocycles. The predicted octanol–water partition coefficient (Wildman–Crippen LogP) is 3.74. The second-order valence-electron chi connectivity index (χ2n) is 4.97. The van der Waals surface area contributed by atoms with Crippen molar-refractivity contribution in [1.29, 1.82) is 0 Å². The standard InChI is InChI=1S/C16H18F2N2/c1-11(16-14(17)7-4-8-15(16)18)20(2)10-12-5-3-6-13(19)9-12/h3-9,11H,10,19H2,1-2H3. The molecule has 0 fully saturated rings. The van der Waals surface area contributed by atoms with E-state index in [-0.39, 0.29) is 11.6 Å². The van der Waals surface area contributed by atoms with Crippen molar-refractivity contribution in [1.82, 2.24) is 4.90 Å². The van der Waals surface area contributed by atoms with Gasteiger partial charge < -0.3 is 5.73 Å². The Morgan fingerprint density at radius 1 is 1.10 bits per heavy atom. The Bertz CT molecular complexity index is 579. The number of rotatable bonds is 4. The third kappa shape index (κ3) is 3.14. The van der Waals surface area contributed by atoms with Crippen molar-refractivity contribution in [3.05, 3.63) is 65.2 Å². The van der Waals surface area contributed by atoms with E-state index in [1.807, 2.05) is 36.2 Å². The van der Waals surface area contributed by atoms with Crippen LogP contribution in [0.5, 0.6) is 0 Å². The van der Waals surface area contributed by atoms with E-state index in [0.717, 1.165) is 5.56 Å². The summed E-state index contributed by atoms with van der Waals surface area (Å²) >= 11 is 0. The summed E-state index contributed by atoms with van der Waals surface area (Å²) in [6.45, 7) is 2.35. The van der Waals surface area contributed by atoms with Crippen LogP contribution in [0.25, 0.3) is 0 Å². The molecule has 0 aromatic heterocycles. The minimum atomic E-state index is -0.517. The summed E-state index contributed by atoms with van der Waals surface area (Å²) < 4.78 is 27.6. The summed E-state index contributed by atoms with van der Waals surface area (Å²) in [5.41, 5.74) is 7.52. The molecule has 0 saturated carbocycles. The maximum atomic E-state index is 13.8. The van der Waals surface area contributed by atoms with Crippen LogP contribution in [0.3, 0.4) is 0 Å². The molecule has 2 nitrogen and oxygen atoms in total. The van der Waals surface area contributed by atoms with Gasteiger partial charge in [0.15, 0.2) is 0 Å². The van der Waals surface area contributed by atoms with Gasteiger partial charge in [0.05, 0.1) is 0 Å². The second-order valence-corrected chi connectivity index (χ2v) is 4.97. The van der Waals surface area contributed by atoms with Gasteiger partial charge >= 0.3 is 0 Å². The third-order valence-corrected chi connectivity index (χ3v) is 3.46. The normalized spacial score (nSPS) is 12.7. The Kier molecular flexibility index (Phi) is 4.35. The lowest BCUT2D eigenvalue weighted by Crippen LogP contribution is -2.23. The Morgan fingerprint density at radius 3 is 2.30 bits per heavy atom. The minimum Gasteiger partial charge on any atom is -0.399 e. The lowest BCUT2D eigenvalue weighted by atomic mass is 10.0. The molecular weight excluding hydrogens is 258 g/mol. The molecule has 0 aliphatic rings. The summed E-state index contributed by atoms with van der Waals surface area (Å²) in [5.74, 6) is -1.03. The highest BCUT2D eigenvalue weighted by Crippen LogP contribution is 2.26. The molecule has 2 N–H and O–H groups in total. The van der Waals surface area contributed by atoms with E-state index < -0.39 is 11.6 Å². The lowest BCUT2D eigenvalue weighted by Gasteiger charge is -2.26. The van der Waals surface area contributed by atoms with Gasteiger partial charge in [-0.15, -0.1) is 0 Å². The van der Waals surface area contributed by atoms with Crippen molar-refractivity contribution in [2.45, 2.75) is 19.5 Å². The molecule has 1 atom stereocenters. The second kappa shape index (κ2) is 6.01. The number of benzene rings is 2. The highest BCUT2D eigenvalue weighted by Gasteiger charge is 2.19. The maximum Gasteiger partial charge on any atom is 0.130 e. The lowest BCUT2D eigenvalue weighted by molar-refractivity contribution is 0.242. The zero-order chi connectivity index (χ0) is 14.7. The Labute approximate surface area is 117 Å². The maximum absolute atomic E-state index is 13.8. The number of nitrogens with zero attached hydrogens (tertiary/aromatic N) is 1. The van der Waals surface area contributed by atoms with Gasteiger partial charge in [-0.05, 0) is 43.8 Å². The number of hydrogen-bond acceptors (Lipinski definition) is 2. The first kappa shape index (κ1) is 14.5. The van der Waals surface area contributed by atoms with E-state index in [9.17, 15) is 8.78 Å². The van der Waals surface area contributed by atoms with E-state index >= 15 is 0 Å². The molecule has 2 aromatic carbocycles. The Morgan fingerprint density at radius 2 is 1.70 bits per heavy atom. The smallest absolute Gasteiger partial charge is 0.130 e. The quantitative estimate of drug-likeness (QED) is 0.862.